The summed E-state index contributed by atoms with van der Waals surface area (Å²) in [6, 6.07) is 0. The fourth-order valence-corrected chi connectivity index (χ4v) is 10.8. The molecule has 0 radical (unpaired) electrons. The molecule has 1 unspecified atom stereocenters. The van der Waals surface area contributed by atoms with Crippen molar-refractivity contribution >= 4 is 16.0 Å². The third-order valence-corrected chi connectivity index (χ3v) is 13.6. The van der Waals surface area contributed by atoms with Gasteiger partial charge in [0.2, 0.25) is 5.91 Å². The highest BCUT2D eigenvalue weighted by Crippen LogP contribution is 2.68. The molecular weight excluding hydrogens is 556 g/mol. The molecule has 0 aromatic carbocycles. The van der Waals surface area contributed by atoms with Gasteiger partial charge in [-0.3, -0.25) is 9.35 Å². The number of hydrogen-bond acceptors (Lipinski definition) is 6. The van der Waals surface area contributed by atoms with E-state index in [1.54, 1.807) is 0 Å². The third kappa shape index (κ3) is 7.20. The van der Waals surface area contributed by atoms with Gasteiger partial charge in [0.05, 0.1) is 51.2 Å². The van der Waals surface area contributed by atoms with Gasteiger partial charge in [0.25, 0.3) is 10.1 Å². The zero-order chi connectivity index (χ0) is 31.1. The van der Waals surface area contributed by atoms with E-state index in [0.717, 1.165) is 64.3 Å². The number of aliphatic hydroxyl groups excluding tert-OH is 3. The summed E-state index contributed by atoms with van der Waals surface area (Å²) in [5.74, 6) is 1.52. The first kappa shape index (κ1) is 34.1. The smallest absolute Gasteiger partial charge is 0.265 e. The number of hydrogen-bond donors (Lipinski definition) is 5. The van der Waals surface area contributed by atoms with Crippen molar-refractivity contribution in [1.82, 2.24) is 5.32 Å². The first-order chi connectivity index (χ1) is 19.5. The Morgan fingerprint density at radius 2 is 1.69 bits per heavy atom. The zero-order valence-corrected chi connectivity index (χ0v) is 27.5. The molecular formula is C32H59N2O7S+. The van der Waals surface area contributed by atoms with Crippen molar-refractivity contribution < 1.29 is 37.6 Å². The molecule has 0 bridgehead atoms. The number of carbonyl (C=O) groups excluding carboxylic acids is 1. The summed E-state index contributed by atoms with van der Waals surface area (Å²) in [6.07, 6.45) is 7.47. The Labute approximate surface area is 254 Å². The van der Waals surface area contributed by atoms with Crippen LogP contribution < -0.4 is 5.32 Å². The number of fused-ring (bicyclic) bond motifs is 5. The van der Waals surface area contributed by atoms with E-state index in [-0.39, 0.29) is 52.5 Å². The minimum Gasteiger partial charge on any atom is -0.393 e. The van der Waals surface area contributed by atoms with E-state index in [2.05, 4.69) is 26.1 Å². The van der Waals surface area contributed by atoms with Crippen molar-refractivity contribution in [1.29, 1.82) is 0 Å². The van der Waals surface area contributed by atoms with Crippen LogP contribution in [0.4, 0.5) is 0 Å². The molecule has 4 aliphatic rings. The summed E-state index contributed by atoms with van der Waals surface area (Å²) in [5, 5.41) is 36.6. The van der Waals surface area contributed by atoms with Gasteiger partial charge in [-0.1, -0.05) is 20.8 Å². The minimum absolute atomic E-state index is 0.0450. The largest absolute Gasteiger partial charge is 0.393 e. The fraction of sp³-hybridized carbons (Fsp3) is 0.969. The molecule has 4 rings (SSSR count). The number of quaternary nitrogens is 1. The van der Waals surface area contributed by atoms with Crippen molar-refractivity contribution in [3.8, 4) is 0 Å². The monoisotopic (exact) mass is 615 g/mol. The minimum atomic E-state index is -3.93. The zero-order valence-electron chi connectivity index (χ0n) is 26.7. The predicted octanol–water partition coefficient (Wildman–Crippen LogP) is 3.22. The van der Waals surface area contributed by atoms with Crippen molar-refractivity contribution in [2.45, 2.75) is 110 Å². The van der Waals surface area contributed by atoms with Gasteiger partial charge in [-0.15, -0.1) is 0 Å². The van der Waals surface area contributed by atoms with Crippen LogP contribution in [0, 0.1) is 46.3 Å². The Morgan fingerprint density at radius 1 is 1.00 bits per heavy atom. The average molecular weight is 616 g/mol. The van der Waals surface area contributed by atoms with E-state index in [1.807, 2.05) is 14.1 Å². The van der Waals surface area contributed by atoms with Crippen LogP contribution in [0.25, 0.3) is 0 Å². The number of rotatable bonds is 12. The number of nitrogens with one attached hydrogen (secondary N) is 1. The van der Waals surface area contributed by atoms with E-state index in [4.69, 9.17) is 4.55 Å². The Bertz CT molecular complexity index is 1050. The summed E-state index contributed by atoms with van der Waals surface area (Å²) >= 11 is 0. The van der Waals surface area contributed by atoms with E-state index >= 15 is 0 Å². The summed E-state index contributed by atoms with van der Waals surface area (Å²) in [7, 11) is 0.114. The van der Waals surface area contributed by atoms with E-state index < -0.39 is 16.2 Å². The van der Waals surface area contributed by atoms with Gasteiger partial charge < -0.3 is 25.1 Å². The van der Waals surface area contributed by atoms with Crippen LogP contribution in [0.15, 0.2) is 0 Å². The van der Waals surface area contributed by atoms with Crippen molar-refractivity contribution in [2.24, 2.45) is 46.3 Å². The molecule has 0 saturated heterocycles. The fourth-order valence-electron chi connectivity index (χ4n) is 10.3. The molecule has 4 fully saturated rings. The lowest BCUT2D eigenvalue weighted by atomic mass is 9.43. The second-order valence-corrected chi connectivity index (χ2v) is 17.3. The molecule has 1 amide bonds. The second-order valence-electron chi connectivity index (χ2n) is 15.8. The molecule has 10 heteroatoms. The molecule has 244 valence electrons. The second kappa shape index (κ2) is 12.9. The molecule has 0 aromatic heterocycles. The quantitative estimate of drug-likeness (QED) is 0.129. The van der Waals surface area contributed by atoms with Gasteiger partial charge in [0.1, 0.15) is 0 Å². The van der Waals surface area contributed by atoms with Crippen molar-refractivity contribution in [3.63, 3.8) is 0 Å². The lowest BCUT2D eigenvalue weighted by molar-refractivity contribution is -0.890. The lowest BCUT2D eigenvalue weighted by Crippen LogP contribution is -2.62. The van der Waals surface area contributed by atoms with Crippen LogP contribution in [-0.4, -0.2) is 96.5 Å². The molecule has 42 heavy (non-hydrogen) atoms. The van der Waals surface area contributed by atoms with Gasteiger partial charge in [-0.05, 0) is 97.7 Å². The average Bonchev–Trinajstić information content (AvgIpc) is 3.24. The van der Waals surface area contributed by atoms with Crippen LogP contribution in [0.5, 0.6) is 0 Å². The molecule has 5 N–H and O–H groups in total. The lowest BCUT2D eigenvalue weighted by Gasteiger charge is -2.63. The Hall–Kier alpha value is -0.780. The van der Waals surface area contributed by atoms with Crippen LogP contribution >= 0.6 is 0 Å². The van der Waals surface area contributed by atoms with E-state index in [9.17, 15) is 28.5 Å². The Morgan fingerprint density at radius 3 is 2.38 bits per heavy atom. The van der Waals surface area contributed by atoms with Crippen LogP contribution in [0.3, 0.4) is 0 Å². The highest BCUT2D eigenvalue weighted by molar-refractivity contribution is 7.85. The van der Waals surface area contributed by atoms with Crippen LogP contribution in [0.2, 0.25) is 0 Å². The molecule has 4 aliphatic carbocycles. The van der Waals surface area contributed by atoms with Gasteiger partial charge >= 0.3 is 0 Å². The first-order valence-electron chi connectivity index (χ1n) is 16.6. The summed E-state index contributed by atoms with van der Waals surface area (Å²) in [5.41, 5.74) is -0.185. The normalized spacial score (nSPS) is 41.0. The highest BCUT2D eigenvalue weighted by atomic mass is 32.2. The number of amides is 1. The van der Waals surface area contributed by atoms with Gasteiger partial charge in [0.15, 0.2) is 0 Å². The maximum Gasteiger partial charge on any atom is 0.265 e. The SMILES string of the molecule is C[C@@H](CCC(=O)NCCC[N+](C)(C)CCCS(=O)(=O)O)[C@@H]1CC[C@@H]2[C@@H]3[C@H](O)CC4C[C@H](O)CC[C@]4(C)[C@H]3C[C@H](O)[C@@]21C. The van der Waals surface area contributed by atoms with Gasteiger partial charge in [0, 0.05) is 25.8 Å². The maximum atomic E-state index is 12.7. The molecule has 11 atom stereocenters. The summed E-state index contributed by atoms with van der Waals surface area (Å²) in [4.78, 5) is 12.7. The Balaban J connectivity index is 1.27. The van der Waals surface area contributed by atoms with Gasteiger partial charge in [-0.2, -0.15) is 8.42 Å². The van der Waals surface area contributed by atoms with E-state index in [0.29, 0.717) is 48.2 Å². The molecule has 0 heterocycles. The molecule has 0 aliphatic heterocycles. The van der Waals surface area contributed by atoms with E-state index in [1.165, 1.54) is 0 Å². The summed E-state index contributed by atoms with van der Waals surface area (Å²) in [6.45, 7) is 8.87. The number of aliphatic hydroxyl groups is 3. The molecule has 4 saturated carbocycles. The molecule has 0 aromatic rings. The maximum absolute atomic E-state index is 12.7. The molecule has 0 spiro atoms. The third-order valence-electron chi connectivity index (χ3n) is 12.8. The van der Waals surface area contributed by atoms with Crippen LogP contribution in [0.1, 0.15) is 91.4 Å². The topological polar surface area (TPSA) is 144 Å². The Kier molecular flexibility index (Phi) is 10.5. The van der Waals surface area contributed by atoms with Gasteiger partial charge in [-0.25, -0.2) is 0 Å². The number of nitrogens with zero attached hydrogens (tertiary/aromatic N) is 1. The van der Waals surface area contributed by atoms with Crippen molar-refractivity contribution in [2.75, 3.05) is 39.5 Å². The van der Waals surface area contributed by atoms with Crippen molar-refractivity contribution in [3.05, 3.63) is 0 Å². The predicted molar refractivity (Wildman–Crippen MR) is 163 cm³/mol. The summed E-state index contributed by atoms with van der Waals surface area (Å²) < 4.78 is 31.5. The standard InChI is InChI=1S/C32H58N2O7S/c1-21(8-11-29(38)33-14-6-15-34(4,5)16-7-17-42(39,40)41)24-9-10-25-30-26(20-28(37)32(24,25)3)31(2)13-12-23(35)18-22(31)19-27(30)36/h21-28,30,35-37H,6-20H2,1-5H3,(H-,33,38,39,40,41)/p+1/t21-,22?,23+,24-,25+,26-,27+,28-,30-,31-,32+/m0/s1. The number of carbonyl (C=O) groups is 1. The highest BCUT2D eigenvalue weighted by Gasteiger charge is 2.65. The van der Waals surface area contributed by atoms with Crippen LogP contribution in [-0.2, 0) is 14.9 Å². The molecule has 9 nitrogen and oxygen atoms in total. The first-order valence-corrected chi connectivity index (χ1v) is 18.2.